The van der Waals surface area contributed by atoms with E-state index in [0.29, 0.717) is 25.9 Å². The highest BCUT2D eigenvalue weighted by atomic mass is 16.5. The van der Waals surface area contributed by atoms with Crippen LogP contribution < -0.4 is 5.32 Å². The number of hydrogen-bond acceptors (Lipinski definition) is 5. The Balaban J connectivity index is 3.50. The van der Waals surface area contributed by atoms with Gasteiger partial charge in [0, 0.05) is 12.8 Å². The summed E-state index contributed by atoms with van der Waals surface area (Å²) in [5.74, 6) is -0.0920. The van der Waals surface area contributed by atoms with E-state index in [0.717, 1.165) is 70.6 Å². The first-order valence-electron chi connectivity index (χ1n) is 22.6. The Hall–Kier alpha value is -1.66. The van der Waals surface area contributed by atoms with Gasteiger partial charge in [-0.3, -0.25) is 9.59 Å². The SMILES string of the molecule is CCCCCC/C=C\CCCCCCCC(=O)OCCCCCCCC/C=C\CCCCCC(=O)NC(CO)C(O)CCCCCCCCCCC. The molecule has 0 rings (SSSR count). The van der Waals surface area contributed by atoms with Gasteiger partial charge in [0.15, 0.2) is 0 Å². The van der Waals surface area contributed by atoms with Crippen molar-refractivity contribution < 1.29 is 24.5 Å². The summed E-state index contributed by atoms with van der Waals surface area (Å²) in [5, 5.41) is 23.0. The second-order valence-electron chi connectivity index (χ2n) is 15.4. The third-order valence-electron chi connectivity index (χ3n) is 10.2. The Morgan fingerprint density at radius 1 is 0.519 bits per heavy atom. The first-order valence-corrected chi connectivity index (χ1v) is 22.6. The summed E-state index contributed by atoms with van der Waals surface area (Å²) < 4.78 is 5.43. The fraction of sp³-hybridized carbons (Fsp3) is 0.870. The van der Waals surface area contributed by atoms with E-state index in [-0.39, 0.29) is 18.5 Å². The third-order valence-corrected chi connectivity index (χ3v) is 10.2. The number of hydrogen-bond donors (Lipinski definition) is 3. The van der Waals surface area contributed by atoms with Crippen LogP contribution in [0.2, 0.25) is 0 Å². The van der Waals surface area contributed by atoms with E-state index < -0.39 is 12.1 Å². The van der Waals surface area contributed by atoms with Crippen molar-refractivity contribution in [3.63, 3.8) is 0 Å². The average molecular weight is 734 g/mol. The molecular formula is C46H87NO5. The first-order chi connectivity index (χ1) is 25.5. The highest BCUT2D eigenvalue weighted by Crippen LogP contribution is 2.14. The van der Waals surface area contributed by atoms with Crippen molar-refractivity contribution in [3.05, 3.63) is 24.3 Å². The monoisotopic (exact) mass is 734 g/mol. The van der Waals surface area contributed by atoms with Gasteiger partial charge < -0.3 is 20.3 Å². The maximum atomic E-state index is 12.3. The molecule has 0 spiro atoms. The van der Waals surface area contributed by atoms with Gasteiger partial charge in [-0.05, 0) is 77.0 Å². The fourth-order valence-electron chi connectivity index (χ4n) is 6.68. The molecule has 0 aliphatic carbocycles. The van der Waals surface area contributed by atoms with E-state index in [1.807, 2.05) is 0 Å². The molecule has 0 aliphatic heterocycles. The molecular weight excluding hydrogens is 647 g/mol. The number of carbonyl (C=O) groups excluding carboxylic acids is 2. The van der Waals surface area contributed by atoms with Gasteiger partial charge in [-0.15, -0.1) is 0 Å². The number of amides is 1. The van der Waals surface area contributed by atoms with Crippen LogP contribution in [0.1, 0.15) is 232 Å². The minimum absolute atomic E-state index is 0.0229. The lowest BCUT2D eigenvalue weighted by Crippen LogP contribution is -2.45. The lowest BCUT2D eigenvalue weighted by atomic mass is 10.0. The number of ether oxygens (including phenoxy) is 1. The predicted octanol–water partition coefficient (Wildman–Crippen LogP) is 12.8. The molecule has 306 valence electrons. The molecule has 0 fully saturated rings. The molecule has 2 atom stereocenters. The van der Waals surface area contributed by atoms with E-state index >= 15 is 0 Å². The zero-order valence-corrected chi connectivity index (χ0v) is 34.5. The molecule has 0 bridgehead atoms. The minimum atomic E-state index is -0.678. The lowest BCUT2D eigenvalue weighted by Gasteiger charge is -2.22. The van der Waals surface area contributed by atoms with E-state index in [1.54, 1.807) is 0 Å². The van der Waals surface area contributed by atoms with Crippen LogP contribution in [-0.2, 0) is 14.3 Å². The van der Waals surface area contributed by atoms with Crippen molar-refractivity contribution in [1.82, 2.24) is 5.32 Å². The van der Waals surface area contributed by atoms with Gasteiger partial charge in [-0.2, -0.15) is 0 Å². The summed E-state index contributed by atoms with van der Waals surface area (Å²) in [5.41, 5.74) is 0. The molecule has 0 aromatic rings. The first kappa shape index (κ1) is 50.3. The molecule has 52 heavy (non-hydrogen) atoms. The summed E-state index contributed by atoms with van der Waals surface area (Å²) in [6, 6.07) is -0.559. The van der Waals surface area contributed by atoms with E-state index in [4.69, 9.17) is 4.74 Å². The number of allylic oxidation sites excluding steroid dienone is 4. The molecule has 6 nitrogen and oxygen atoms in total. The molecule has 3 N–H and O–H groups in total. The predicted molar refractivity (Wildman–Crippen MR) is 223 cm³/mol. The van der Waals surface area contributed by atoms with Crippen LogP contribution in [0.3, 0.4) is 0 Å². The van der Waals surface area contributed by atoms with Crippen molar-refractivity contribution >= 4 is 11.9 Å². The molecule has 6 heteroatoms. The summed E-state index contributed by atoms with van der Waals surface area (Å²) >= 11 is 0. The van der Waals surface area contributed by atoms with Gasteiger partial charge in [0.1, 0.15) is 0 Å². The summed E-state index contributed by atoms with van der Waals surface area (Å²) in [6.45, 7) is 4.85. The Kier molecular flexibility index (Phi) is 40.7. The van der Waals surface area contributed by atoms with Crippen LogP contribution in [-0.4, -0.2) is 47.4 Å². The van der Waals surface area contributed by atoms with Gasteiger partial charge in [0.05, 0.1) is 25.4 Å². The van der Waals surface area contributed by atoms with Crippen LogP contribution >= 0.6 is 0 Å². The Morgan fingerprint density at radius 3 is 1.40 bits per heavy atom. The highest BCUT2D eigenvalue weighted by molar-refractivity contribution is 5.76. The molecule has 0 heterocycles. The smallest absolute Gasteiger partial charge is 0.305 e. The van der Waals surface area contributed by atoms with E-state index in [1.165, 1.54) is 128 Å². The number of nitrogens with one attached hydrogen (secondary N) is 1. The summed E-state index contributed by atoms with van der Waals surface area (Å²) in [4.78, 5) is 24.3. The quantitative estimate of drug-likeness (QED) is 0.0330. The Morgan fingerprint density at radius 2 is 0.904 bits per heavy atom. The second-order valence-corrected chi connectivity index (χ2v) is 15.4. The van der Waals surface area contributed by atoms with Gasteiger partial charge in [-0.25, -0.2) is 0 Å². The molecule has 0 aromatic heterocycles. The molecule has 0 saturated heterocycles. The number of aliphatic hydroxyl groups is 2. The van der Waals surface area contributed by atoms with Crippen molar-refractivity contribution in [1.29, 1.82) is 0 Å². The zero-order chi connectivity index (χ0) is 38.0. The van der Waals surface area contributed by atoms with Gasteiger partial charge in [0.2, 0.25) is 5.91 Å². The number of unbranched alkanes of at least 4 members (excludes halogenated alkanes) is 26. The van der Waals surface area contributed by atoms with Crippen LogP contribution in [0, 0.1) is 0 Å². The van der Waals surface area contributed by atoms with Gasteiger partial charge in [0.25, 0.3) is 0 Å². The second kappa shape index (κ2) is 42.1. The fourth-order valence-corrected chi connectivity index (χ4v) is 6.68. The summed E-state index contributed by atoms with van der Waals surface area (Å²) in [6.07, 6.45) is 47.1. The maximum absolute atomic E-state index is 12.3. The number of esters is 1. The van der Waals surface area contributed by atoms with Gasteiger partial charge >= 0.3 is 5.97 Å². The maximum Gasteiger partial charge on any atom is 0.305 e. The van der Waals surface area contributed by atoms with Crippen molar-refractivity contribution in [2.75, 3.05) is 13.2 Å². The van der Waals surface area contributed by atoms with Crippen LogP contribution in [0.4, 0.5) is 0 Å². The Labute approximate surface area is 322 Å². The normalized spacial score (nSPS) is 12.9. The number of aliphatic hydroxyl groups excluding tert-OH is 2. The highest BCUT2D eigenvalue weighted by Gasteiger charge is 2.20. The molecule has 0 aliphatic rings. The molecule has 0 saturated carbocycles. The van der Waals surface area contributed by atoms with Crippen LogP contribution in [0.25, 0.3) is 0 Å². The average Bonchev–Trinajstić information content (AvgIpc) is 3.14. The molecule has 0 radical (unpaired) electrons. The van der Waals surface area contributed by atoms with Gasteiger partial charge in [-0.1, -0.05) is 167 Å². The molecule has 0 aromatic carbocycles. The van der Waals surface area contributed by atoms with Crippen molar-refractivity contribution in [2.45, 2.75) is 244 Å². The largest absolute Gasteiger partial charge is 0.466 e. The Bertz CT molecular complexity index is 813. The minimum Gasteiger partial charge on any atom is -0.466 e. The zero-order valence-electron chi connectivity index (χ0n) is 34.5. The van der Waals surface area contributed by atoms with Crippen molar-refractivity contribution in [3.8, 4) is 0 Å². The van der Waals surface area contributed by atoms with E-state index in [9.17, 15) is 19.8 Å². The topological polar surface area (TPSA) is 95.9 Å². The van der Waals surface area contributed by atoms with E-state index in [2.05, 4.69) is 43.5 Å². The van der Waals surface area contributed by atoms with Crippen LogP contribution in [0.5, 0.6) is 0 Å². The summed E-state index contributed by atoms with van der Waals surface area (Å²) in [7, 11) is 0. The lowest BCUT2D eigenvalue weighted by molar-refractivity contribution is -0.143. The molecule has 2 unspecified atom stereocenters. The number of rotatable bonds is 41. The van der Waals surface area contributed by atoms with Crippen molar-refractivity contribution in [2.24, 2.45) is 0 Å². The standard InChI is InChI=1S/C46H87NO5/c1-3-5-7-9-11-13-14-16-20-24-28-32-36-40-46(51)52-41-37-33-29-25-21-18-15-17-19-23-27-31-35-39-45(50)47-43(42-48)44(49)38-34-30-26-22-12-10-8-6-4-2/h13-14,17,19,43-44,48-49H,3-12,15-16,18,20-42H2,1-2H3,(H,47,50)/b14-13-,19-17-. The number of carbonyl (C=O) groups is 2. The molecule has 1 amide bonds. The van der Waals surface area contributed by atoms with Crippen LogP contribution in [0.15, 0.2) is 24.3 Å². The third kappa shape index (κ3) is 38.1.